The molecule has 0 aliphatic carbocycles. The van der Waals surface area contributed by atoms with E-state index >= 15 is 0 Å². The number of hydrogen-bond acceptors (Lipinski definition) is 4. The molecule has 2 aliphatic heterocycles. The molecule has 0 bridgehead atoms. The molecule has 126 valence electrons. The maximum absolute atomic E-state index is 11.9. The summed E-state index contributed by atoms with van der Waals surface area (Å²) >= 11 is 0. The highest BCUT2D eigenvalue weighted by atomic mass is 32.2. The van der Waals surface area contributed by atoms with Gasteiger partial charge in [0, 0.05) is 31.2 Å². The van der Waals surface area contributed by atoms with Gasteiger partial charge in [0.1, 0.15) is 0 Å². The summed E-state index contributed by atoms with van der Waals surface area (Å²) in [7, 11) is -2.90. The van der Waals surface area contributed by atoms with Crippen molar-refractivity contribution in [2.75, 3.05) is 23.7 Å². The SMILES string of the molecule is C[C@H](NC[C@@H]1CCCS1(=O)=O)c1ccc(N2CCCC2=O)cc1. The van der Waals surface area contributed by atoms with Crippen LogP contribution in [0.5, 0.6) is 0 Å². The molecule has 2 atom stereocenters. The van der Waals surface area contributed by atoms with Gasteiger partial charge in [-0.3, -0.25) is 4.79 Å². The summed E-state index contributed by atoms with van der Waals surface area (Å²) < 4.78 is 23.7. The Morgan fingerprint density at radius 1 is 1.26 bits per heavy atom. The lowest BCUT2D eigenvalue weighted by atomic mass is 10.1. The second kappa shape index (κ2) is 6.61. The maximum atomic E-state index is 11.9. The van der Waals surface area contributed by atoms with Gasteiger partial charge in [0.15, 0.2) is 9.84 Å². The van der Waals surface area contributed by atoms with E-state index in [1.54, 1.807) is 0 Å². The molecule has 0 radical (unpaired) electrons. The molecule has 0 saturated carbocycles. The van der Waals surface area contributed by atoms with E-state index in [9.17, 15) is 13.2 Å². The standard InChI is InChI=1S/C17H24N2O3S/c1-13(18-12-16-4-3-11-23(16,21)22)14-6-8-15(9-7-14)19-10-2-5-17(19)20/h6-9,13,16,18H,2-5,10-12H2,1H3/t13-,16-/m0/s1. The summed E-state index contributed by atoms with van der Waals surface area (Å²) in [5.41, 5.74) is 2.05. The minimum Gasteiger partial charge on any atom is -0.312 e. The summed E-state index contributed by atoms with van der Waals surface area (Å²) in [6, 6.07) is 8.07. The Morgan fingerprint density at radius 2 is 2.00 bits per heavy atom. The molecular formula is C17H24N2O3S. The predicted octanol–water partition coefficient (Wildman–Crippen LogP) is 2.04. The molecule has 1 N–H and O–H groups in total. The third-order valence-electron chi connectivity index (χ3n) is 4.89. The van der Waals surface area contributed by atoms with Crippen LogP contribution in [0.25, 0.3) is 0 Å². The maximum Gasteiger partial charge on any atom is 0.227 e. The normalized spacial score (nSPS) is 25.0. The summed E-state index contributed by atoms with van der Waals surface area (Å²) in [5, 5.41) is 3.09. The van der Waals surface area contributed by atoms with Gasteiger partial charge in [-0.2, -0.15) is 0 Å². The molecule has 1 amide bonds. The van der Waals surface area contributed by atoms with E-state index in [-0.39, 0.29) is 17.2 Å². The lowest BCUT2D eigenvalue weighted by Crippen LogP contribution is -2.32. The Bertz CT molecular complexity index is 670. The fourth-order valence-electron chi connectivity index (χ4n) is 3.38. The molecule has 0 spiro atoms. The Labute approximate surface area is 138 Å². The van der Waals surface area contributed by atoms with Crippen molar-refractivity contribution in [2.45, 2.75) is 43.9 Å². The van der Waals surface area contributed by atoms with Crippen LogP contribution >= 0.6 is 0 Å². The first-order valence-corrected chi connectivity index (χ1v) is 10.0. The molecule has 1 aromatic carbocycles. The summed E-state index contributed by atoms with van der Waals surface area (Å²) in [5.74, 6) is 0.516. The Kier molecular flexibility index (Phi) is 4.73. The number of nitrogens with one attached hydrogen (secondary N) is 1. The van der Waals surface area contributed by atoms with E-state index in [0.717, 1.165) is 37.1 Å². The van der Waals surface area contributed by atoms with E-state index < -0.39 is 9.84 Å². The van der Waals surface area contributed by atoms with Crippen LogP contribution in [0.3, 0.4) is 0 Å². The van der Waals surface area contributed by atoms with Crippen molar-refractivity contribution in [1.82, 2.24) is 5.32 Å². The fourth-order valence-corrected chi connectivity index (χ4v) is 5.16. The number of nitrogens with zero attached hydrogens (tertiary/aromatic N) is 1. The molecule has 23 heavy (non-hydrogen) atoms. The first-order valence-electron chi connectivity index (χ1n) is 8.32. The highest BCUT2D eigenvalue weighted by molar-refractivity contribution is 7.92. The number of rotatable bonds is 5. The van der Waals surface area contributed by atoms with Gasteiger partial charge in [-0.05, 0) is 43.9 Å². The number of anilines is 1. The van der Waals surface area contributed by atoms with Crippen LogP contribution in [0.1, 0.15) is 44.2 Å². The number of carbonyl (C=O) groups is 1. The van der Waals surface area contributed by atoms with Crippen LogP contribution in [0.2, 0.25) is 0 Å². The Hall–Kier alpha value is -1.40. The van der Waals surface area contributed by atoms with Crippen LogP contribution in [-0.4, -0.2) is 38.4 Å². The van der Waals surface area contributed by atoms with E-state index in [1.165, 1.54) is 0 Å². The number of hydrogen-bond donors (Lipinski definition) is 1. The van der Waals surface area contributed by atoms with Gasteiger partial charge >= 0.3 is 0 Å². The van der Waals surface area contributed by atoms with Gasteiger partial charge in [-0.1, -0.05) is 12.1 Å². The molecule has 6 heteroatoms. The van der Waals surface area contributed by atoms with Crippen molar-refractivity contribution in [2.24, 2.45) is 0 Å². The minimum absolute atomic E-state index is 0.0918. The minimum atomic E-state index is -2.90. The second-order valence-electron chi connectivity index (χ2n) is 6.50. The number of sulfone groups is 1. The highest BCUT2D eigenvalue weighted by Crippen LogP contribution is 2.24. The van der Waals surface area contributed by atoms with Crippen molar-refractivity contribution in [3.63, 3.8) is 0 Å². The molecule has 0 aromatic heterocycles. The Morgan fingerprint density at radius 3 is 2.57 bits per heavy atom. The van der Waals surface area contributed by atoms with Crippen molar-refractivity contribution >= 4 is 21.4 Å². The molecular weight excluding hydrogens is 312 g/mol. The zero-order valence-corrected chi connectivity index (χ0v) is 14.3. The predicted molar refractivity (Wildman–Crippen MR) is 91.3 cm³/mol. The Balaban J connectivity index is 1.59. The molecule has 2 heterocycles. The molecule has 5 nitrogen and oxygen atoms in total. The third-order valence-corrected chi connectivity index (χ3v) is 7.17. The fraction of sp³-hybridized carbons (Fsp3) is 0.588. The summed E-state index contributed by atoms with van der Waals surface area (Å²) in [6.07, 6.45) is 3.10. The summed E-state index contributed by atoms with van der Waals surface area (Å²) in [6.45, 7) is 3.35. The van der Waals surface area contributed by atoms with Gasteiger partial charge in [0.25, 0.3) is 0 Å². The molecule has 3 rings (SSSR count). The monoisotopic (exact) mass is 336 g/mol. The second-order valence-corrected chi connectivity index (χ2v) is 8.90. The van der Waals surface area contributed by atoms with Gasteiger partial charge < -0.3 is 10.2 Å². The lowest BCUT2D eigenvalue weighted by Gasteiger charge is -2.19. The molecule has 2 fully saturated rings. The van der Waals surface area contributed by atoms with E-state index in [1.807, 2.05) is 36.1 Å². The smallest absolute Gasteiger partial charge is 0.227 e. The first-order chi connectivity index (χ1) is 11.0. The van der Waals surface area contributed by atoms with E-state index in [2.05, 4.69) is 5.32 Å². The zero-order chi connectivity index (χ0) is 16.4. The average molecular weight is 336 g/mol. The van der Waals surface area contributed by atoms with Gasteiger partial charge in [-0.25, -0.2) is 8.42 Å². The third kappa shape index (κ3) is 3.58. The largest absolute Gasteiger partial charge is 0.312 e. The molecule has 2 aliphatic rings. The lowest BCUT2D eigenvalue weighted by molar-refractivity contribution is -0.117. The topological polar surface area (TPSA) is 66.5 Å². The van der Waals surface area contributed by atoms with Crippen LogP contribution in [0, 0.1) is 0 Å². The van der Waals surface area contributed by atoms with Crippen LogP contribution in [0.15, 0.2) is 24.3 Å². The highest BCUT2D eigenvalue weighted by Gasteiger charge is 2.31. The van der Waals surface area contributed by atoms with Crippen molar-refractivity contribution < 1.29 is 13.2 Å². The van der Waals surface area contributed by atoms with Gasteiger partial charge in [0.2, 0.25) is 5.91 Å². The number of carbonyl (C=O) groups excluding carboxylic acids is 1. The van der Waals surface area contributed by atoms with Crippen LogP contribution < -0.4 is 10.2 Å². The molecule has 0 unspecified atom stereocenters. The van der Waals surface area contributed by atoms with Gasteiger partial charge in [-0.15, -0.1) is 0 Å². The van der Waals surface area contributed by atoms with Crippen molar-refractivity contribution in [3.8, 4) is 0 Å². The van der Waals surface area contributed by atoms with Gasteiger partial charge in [0.05, 0.1) is 11.0 Å². The quantitative estimate of drug-likeness (QED) is 0.893. The van der Waals surface area contributed by atoms with Crippen LogP contribution in [0.4, 0.5) is 5.69 Å². The van der Waals surface area contributed by atoms with Crippen molar-refractivity contribution in [3.05, 3.63) is 29.8 Å². The average Bonchev–Trinajstić information content (AvgIpc) is 3.10. The first kappa shape index (κ1) is 16.5. The van der Waals surface area contributed by atoms with Crippen LogP contribution in [-0.2, 0) is 14.6 Å². The number of benzene rings is 1. The van der Waals surface area contributed by atoms with E-state index in [4.69, 9.17) is 0 Å². The summed E-state index contributed by atoms with van der Waals surface area (Å²) in [4.78, 5) is 13.6. The zero-order valence-electron chi connectivity index (χ0n) is 13.5. The molecule has 2 saturated heterocycles. The van der Waals surface area contributed by atoms with E-state index in [0.29, 0.717) is 18.7 Å². The van der Waals surface area contributed by atoms with Crippen molar-refractivity contribution in [1.29, 1.82) is 0 Å². The molecule has 1 aromatic rings. The number of amides is 1.